The fraction of sp³-hybridized carbons (Fsp3) is 0.385. The Morgan fingerprint density at radius 1 is 1.32 bits per heavy atom. The summed E-state index contributed by atoms with van der Waals surface area (Å²) in [6, 6.07) is 7.39. The smallest absolute Gasteiger partial charge is 0.237 e. The maximum atomic E-state index is 12.5. The first-order valence-electron chi connectivity index (χ1n) is 5.99. The van der Waals surface area contributed by atoms with Crippen LogP contribution in [-0.4, -0.2) is 24.1 Å². The van der Waals surface area contributed by atoms with Crippen molar-refractivity contribution in [3.8, 4) is 0 Å². The van der Waals surface area contributed by atoms with E-state index in [1.54, 1.807) is 0 Å². The molecule has 1 aromatic rings. The van der Waals surface area contributed by atoms with Gasteiger partial charge in [-0.15, -0.1) is 0 Å². The van der Waals surface area contributed by atoms with E-state index in [1.165, 1.54) is 0 Å². The molecule has 1 amide bonds. The molecule has 0 bridgehead atoms. The van der Waals surface area contributed by atoms with Crippen molar-refractivity contribution in [3.05, 3.63) is 28.7 Å². The van der Waals surface area contributed by atoms with Crippen molar-refractivity contribution in [1.82, 2.24) is 0 Å². The fourth-order valence-electron chi connectivity index (χ4n) is 2.09. The minimum Gasteiger partial charge on any atom is -0.392 e. The molecule has 6 heteroatoms. The van der Waals surface area contributed by atoms with E-state index in [0.29, 0.717) is 26.1 Å². The quantitative estimate of drug-likeness (QED) is 0.828. The normalized spacial score (nSPS) is 17.7. The molecule has 0 unspecified atom stereocenters. The molecular weight excluding hydrogens is 328 g/mol. The first kappa shape index (κ1) is 14.4. The summed E-state index contributed by atoms with van der Waals surface area (Å²) in [6.07, 6.45) is 1.06. The Balaban J connectivity index is 2.16. The Morgan fingerprint density at radius 2 is 1.89 bits per heavy atom. The number of carbonyl (C=O) groups is 1. The molecule has 1 saturated heterocycles. The summed E-state index contributed by atoms with van der Waals surface area (Å²) in [5.74, 6) is -0.148. The fourth-order valence-corrected chi connectivity index (χ4v) is 2.65. The summed E-state index contributed by atoms with van der Waals surface area (Å²) < 4.78 is 6.25. The van der Waals surface area contributed by atoms with Gasteiger partial charge in [0.25, 0.3) is 0 Å². The van der Waals surface area contributed by atoms with Crippen molar-refractivity contribution in [2.45, 2.75) is 12.8 Å². The molecule has 0 aliphatic carbocycles. The highest BCUT2D eigenvalue weighted by Gasteiger charge is 2.42. The minimum atomic E-state index is -0.791. The van der Waals surface area contributed by atoms with Gasteiger partial charge in [-0.3, -0.25) is 4.79 Å². The number of anilines is 1. The molecule has 0 saturated carbocycles. The van der Waals surface area contributed by atoms with E-state index < -0.39 is 5.41 Å². The molecule has 2 rings (SSSR count). The van der Waals surface area contributed by atoms with Crippen molar-refractivity contribution in [3.63, 3.8) is 0 Å². The Labute approximate surface area is 125 Å². The maximum Gasteiger partial charge on any atom is 0.237 e. The van der Waals surface area contributed by atoms with Crippen LogP contribution in [0.3, 0.4) is 0 Å². The number of halogens is 1. The number of hydrogen-bond donors (Lipinski definition) is 2. The SMILES string of the molecule is NC(=S)C1(C(=O)Nc2ccc(Br)cc2)CCOCC1. The number of carbonyl (C=O) groups excluding carboxylic acids is 1. The third-order valence-corrected chi connectivity index (χ3v) is 4.27. The van der Waals surface area contributed by atoms with Crippen LogP contribution in [0.15, 0.2) is 28.7 Å². The van der Waals surface area contributed by atoms with Gasteiger partial charge in [-0.2, -0.15) is 0 Å². The van der Waals surface area contributed by atoms with Gasteiger partial charge in [0, 0.05) is 23.4 Å². The molecule has 1 aliphatic heterocycles. The van der Waals surface area contributed by atoms with Crippen molar-refractivity contribution in [2.75, 3.05) is 18.5 Å². The van der Waals surface area contributed by atoms with E-state index in [0.717, 1.165) is 10.2 Å². The van der Waals surface area contributed by atoms with E-state index in [2.05, 4.69) is 21.2 Å². The van der Waals surface area contributed by atoms with Crippen LogP contribution in [0.5, 0.6) is 0 Å². The predicted molar refractivity (Wildman–Crippen MR) is 82.0 cm³/mol. The Kier molecular flexibility index (Phi) is 4.54. The molecule has 1 aromatic carbocycles. The third kappa shape index (κ3) is 3.13. The monoisotopic (exact) mass is 342 g/mol. The van der Waals surface area contributed by atoms with E-state index in [-0.39, 0.29) is 10.9 Å². The summed E-state index contributed by atoms with van der Waals surface area (Å²) in [7, 11) is 0. The number of benzene rings is 1. The van der Waals surface area contributed by atoms with E-state index in [1.807, 2.05) is 24.3 Å². The number of thiocarbonyl (C=S) groups is 1. The number of nitrogens with one attached hydrogen (secondary N) is 1. The molecular formula is C13H15BrN2O2S. The molecule has 102 valence electrons. The van der Waals surface area contributed by atoms with Crippen LogP contribution < -0.4 is 11.1 Å². The van der Waals surface area contributed by atoms with Crippen molar-refractivity contribution in [1.29, 1.82) is 0 Å². The first-order valence-corrected chi connectivity index (χ1v) is 7.19. The van der Waals surface area contributed by atoms with Crippen LogP contribution in [0.4, 0.5) is 5.69 Å². The van der Waals surface area contributed by atoms with Gasteiger partial charge in [0.05, 0.1) is 4.99 Å². The largest absolute Gasteiger partial charge is 0.392 e. The number of amides is 1. The van der Waals surface area contributed by atoms with Crippen LogP contribution in [0.25, 0.3) is 0 Å². The van der Waals surface area contributed by atoms with Crippen LogP contribution >= 0.6 is 28.1 Å². The average Bonchev–Trinajstić information content (AvgIpc) is 2.42. The van der Waals surface area contributed by atoms with E-state index in [9.17, 15) is 4.79 Å². The van der Waals surface area contributed by atoms with Crippen molar-refractivity contribution in [2.24, 2.45) is 11.1 Å². The molecule has 4 nitrogen and oxygen atoms in total. The molecule has 3 N–H and O–H groups in total. The Bertz CT molecular complexity index is 484. The molecule has 1 aliphatic rings. The van der Waals surface area contributed by atoms with Gasteiger partial charge >= 0.3 is 0 Å². The highest BCUT2D eigenvalue weighted by molar-refractivity contribution is 9.10. The lowest BCUT2D eigenvalue weighted by molar-refractivity contribution is -0.126. The highest BCUT2D eigenvalue weighted by atomic mass is 79.9. The van der Waals surface area contributed by atoms with Crippen LogP contribution in [0, 0.1) is 5.41 Å². The summed E-state index contributed by atoms with van der Waals surface area (Å²) in [4.78, 5) is 12.7. The minimum absolute atomic E-state index is 0.148. The standard InChI is InChI=1S/C13H15BrN2O2S/c14-9-1-3-10(4-2-9)16-12(17)13(11(15)19)5-7-18-8-6-13/h1-4H,5-8H2,(H2,15,19)(H,16,17). The van der Waals surface area contributed by atoms with Crippen LogP contribution in [0.2, 0.25) is 0 Å². The Morgan fingerprint density at radius 3 is 2.42 bits per heavy atom. The summed E-state index contributed by atoms with van der Waals surface area (Å²) >= 11 is 8.45. The van der Waals surface area contributed by atoms with Gasteiger partial charge in [-0.1, -0.05) is 28.1 Å². The molecule has 0 spiro atoms. The number of hydrogen-bond acceptors (Lipinski definition) is 3. The zero-order valence-electron chi connectivity index (χ0n) is 10.3. The molecule has 1 fully saturated rings. The summed E-state index contributed by atoms with van der Waals surface area (Å²) in [5, 5.41) is 2.88. The lowest BCUT2D eigenvalue weighted by atomic mass is 9.79. The van der Waals surface area contributed by atoms with Crippen LogP contribution in [0.1, 0.15) is 12.8 Å². The van der Waals surface area contributed by atoms with Gasteiger partial charge in [0.15, 0.2) is 0 Å². The van der Waals surface area contributed by atoms with Gasteiger partial charge in [0.1, 0.15) is 5.41 Å². The molecule has 0 aromatic heterocycles. The second-order valence-corrected chi connectivity index (χ2v) is 5.88. The maximum absolute atomic E-state index is 12.5. The van der Waals surface area contributed by atoms with Crippen LogP contribution in [-0.2, 0) is 9.53 Å². The van der Waals surface area contributed by atoms with E-state index in [4.69, 9.17) is 22.7 Å². The zero-order valence-corrected chi connectivity index (χ0v) is 12.7. The second-order valence-electron chi connectivity index (χ2n) is 4.52. The lowest BCUT2D eigenvalue weighted by Crippen LogP contribution is -2.49. The first-order chi connectivity index (χ1) is 9.04. The van der Waals surface area contributed by atoms with Gasteiger partial charge < -0.3 is 15.8 Å². The number of ether oxygens (including phenoxy) is 1. The molecule has 19 heavy (non-hydrogen) atoms. The van der Waals surface area contributed by atoms with E-state index >= 15 is 0 Å². The number of nitrogens with two attached hydrogens (primary N) is 1. The average molecular weight is 343 g/mol. The topological polar surface area (TPSA) is 64.4 Å². The lowest BCUT2D eigenvalue weighted by Gasteiger charge is -2.34. The molecule has 1 heterocycles. The third-order valence-electron chi connectivity index (χ3n) is 3.35. The highest BCUT2D eigenvalue weighted by Crippen LogP contribution is 2.32. The molecule has 0 radical (unpaired) electrons. The van der Waals surface area contributed by atoms with Gasteiger partial charge in [-0.25, -0.2) is 0 Å². The predicted octanol–water partition coefficient (Wildman–Crippen LogP) is 2.47. The second kappa shape index (κ2) is 5.98. The number of rotatable bonds is 3. The Hall–Kier alpha value is -0.980. The summed E-state index contributed by atoms with van der Waals surface area (Å²) in [5.41, 5.74) is 5.73. The van der Waals surface area contributed by atoms with Crippen molar-refractivity contribution < 1.29 is 9.53 Å². The van der Waals surface area contributed by atoms with Gasteiger partial charge in [-0.05, 0) is 37.1 Å². The van der Waals surface area contributed by atoms with Gasteiger partial charge in [0.2, 0.25) is 5.91 Å². The zero-order chi connectivity index (χ0) is 13.9. The van der Waals surface area contributed by atoms with Crippen molar-refractivity contribution >= 4 is 44.7 Å². The summed E-state index contributed by atoms with van der Waals surface area (Å²) in [6.45, 7) is 1.01. The molecule has 0 atom stereocenters.